The van der Waals surface area contributed by atoms with Gasteiger partial charge in [0.1, 0.15) is 0 Å². The summed E-state index contributed by atoms with van der Waals surface area (Å²) < 4.78 is 0. The van der Waals surface area contributed by atoms with Crippen LogP contribution in [0.1, 0.15) is 53.9 Å². The maximum Gasteiger partial charge on any atom is 0.00743 e. The topological polar surface area (TPSA) is 3.24 Å². The van der Waals surface area contributed by atoms with Gasteiger partial charge in [0.2, 0.25) is 0 Å². The first-order valence-corrected chi connectivity index (χ1v) is 8.75. The molecule has 0 aliphatic carbocycles. The molecule has 2 unspecified atom stereocenters. The fraction of sp³-hybridized carbons (Fsp3) is 1.00. The van der Waals surface area contributed by atoms with Crippen molar-refractivity contribution in [2.24, 2.45) is 23.2 Å². The van der Waals surface area contributed by atoms with Gasteiger partial charge in [0.25, 0.3) is 0 Å². The Bertz CT molecular complexity index is 232. The quantitative estimate of drug-likeness (QED) is 0.673. The first kappa shape index (κ1) is 16.5. The third-order valence-corrected chi connectivity index (χ3v) is 5.51. The maximum atomic E-state index is 3.68. The number of nitrogens with zero attached hydrogens (tertiary/aromatic N) is 1. The van der Waals surface area contributed by atoms with Crippen LogP contribution in [0.5, 0.6) is 0 Å². The van der Waals surface area contributed by atoms with Gasteiger partial charge < -0.3 is 4.90 Å². The van der Waals surface area contributed by atoms with Crippen molar-refractivity contribution in [3.05, 3.63) is 0 Å². The molecule has 0 spiro atoms. The van der Waals surface area contributed by atoms with Gasteiger partial charge in [-0.05, 0) is 55.5 Å². The zero-order valence-electron chi connectivity index (χ0n) is 13.0. The fourth-order valence-electron chi connectivity index (χ4n) is 2.97. The lowest BCUT2D eigenvalue weighted by atomic mass is 9.77. The van der Waals surface area contributed by atoms with Gasteiger partial charge in [0.05, 0.1) is 0 Å². The van der Waals surface area contributed by atoms with Crippen LogP contribution < -0.4 is 0 Å². The monoisotopic (exact) mass is 317 g/mol. The number of hydrogen-bond donors (Lipinski definition) is 0. The van der Waals surface area contributed by atoms with Gasteiger partial charge in [-0.15, -0.1) is 0 Å². The normalized spacial score (nSPS) is 25.2. The molecular formula is C16H32BrN. The largest absolute Gasteiger partial charge is 0.303 e. The van der Waals surface area contributed by atoms with E-state index in [0.29, 0.717) is 5.41 Å². The second-order valence-electron chi connectivity index (χ2n) is 7.45. The molecule has 1 aliphatic rings. The van der Waals surface area contributed by atoms with Crippen LogP contribution in [0.4, 0.5) is 0 Å². The third kappa shape index (κ3) is 5.21. The summed E-state index contributed by atoms with van der Waals surface area (Å²) in [5.74, 6) is 2.49. The van der Waals surface area contributed by atoms with Crippen molar-refractivity contribution in [3.8, 4) is 0 Å². The molecule has 1 nitrogen and oxygen atoms in total. The molecule has 0 amide bonds. The highest BCUT2D eigenvalue weighted by molar-refractivity contribution is 9.09. The summed E-state index contributed by atoms with van der Waals surface area (Å²) in [6.07, 6.45) is 4.19. The molecule has 1 fully saturated rings. The van der Waals surface area contributed by atoms with Crippen LogP contribution in [-0.4, -0.2) is 29.9 Å². The molecule has 2 atom stereocenters. The highest BCUT2D eigenvalue weighted by atomic mass is 79.9. The molecule has 0 N–H and O–H groups in total. The number of likely N-dealkylation sites (tertiary alicyclic amines) is 1. The number of halogens is 1. The SMILES string of the molecule is CC(C)C(CBr)CN1CCCC(C(C)(C)C)CC1. The van der Waals surface area contributed by atoms with Crippen molar-refractivity contribution in [1.82, 2.24) is 4.90 Å². The molecule has 0 radical (unpaired) electrons. The van der Waals surface area contributed by atoms with Crippen LogP contribution in [0.2, 0.25) is 0 Å². The van der Waals surface area contributed by atoms with Gasteiger partial charge in [-0.25, -0.2) is 0 Å². The Morgan fingerprint density at radius 2 is 1.83 bits per heavy atom. The van der Waals surface area contributed by atoms with E-state index < -0.39 is 0 Å². The zero-order chi connectivity index (χ0) is 13.8. The summed E-state index contributed by atoms with van der Waals surface area (Å²) in [5, 5.41) is 1.14. The van der Waals surface area contributed by atoms with E-state index >= 15 is 0 Å². The number of hydrogen-bond acceptors (Lipinski definition) is 1. The van der Waals surface area contributed by atoms with Gasteiger partial charge >= 0.3 is 0 Å². The Morgan fingerprint density at radius 1 is 1.17 bits per heavy atom. The predicted octanol–water partition coefficient (Wildman–Crippen LogP) is 4.80. The average Bonchev–Trinajstić information content (AvgIpc) is 2.49. The van der Waals surface area contributed by atoms with Crippen molar-refractivity contribution in [1.29, 1.82) is 0 Å². The van der Waals surface area contributed by atoms with Crippen molar-refractivity contribution in [2.75, 3.05) is 25.0 Å². The highest BCUT2D eigenvalue weighted by Crippen LogP contribution is 2.34. The minimum absolute atomic E-state index is 0.489. The molecule has 1 rings (SSSR count). The van der Waals surface area contributed by atoms with Gasteiger partial charge in [-0.1, -0.05) is 50.5 Å². The van der Waals surface area contributed by atoms with Gasteiger partial charge in [-0.2, -0.15) is 0 Å². The third-order valence-electron chi connectivity index (χ3n) is 4.68. The Morgan fingerprint density at radius 3 is 2.33 bits per heavy atom. The van der Waals surface area contributed by atoms with Crippen LogP contribution in [0, 0.1) is 23.2 Å². The summed E-state index contributed by atoms with van der Waals surface area (Å²) in [6.45, 7) is 15.8. The van der Waals surface area contributed by atoms with Crippen LogP contribution in [0.15, 0.2) is 0 Å². The van der Waals surface area contributed by atoms with Crippen LogP contribution in [-0.2, 0) is 0 Å². The lowest BCUT2D eigenvalue weighted by Gasteiger charge is -2.30. The minimum atomic E-state index is 0.489. The Balaban J connectivity index is 2.47. The molecular weight excluding hydrogens is 286 g/mol. The van der Waals surface area contributed by atoms with Crippen LogP contribution >= 0.6 is 15.9 Å². The lowest BCUT2D eigenvalue weighted by Crippen LogP contribution is -2.33. The lowest BCUT2D eigenvalue weighted by molar-refractivity contribution is 0.193. The number of rotatable bonds is 4. The van der Waals surface area contributed by atoms with E-state index in [1.54, 1.807) is 0 Å². The van der Waals surface area contributed by atoms with Crippen molar-refractivity contribution in [3.63, 3.8) is 0 Å². The predicted molar refractivity (Wildman–Crippen MR) is 85.4 cm³/mol. The molecule has 108 valence electrons. The molecule has 0 saturated carbocycles. The van der Waals surface area contributed by atoms with Crippen molar-refractivity contribution < 1.29 is 0 Å². The molecule has 1 heterocycles. The second kappa shape index (κ2) is 7.28. The molecule has 18 heavy (non-hydrogen) atoms. The smallest absolute Gasteiger partial charge is 0.00743 e. The first-order chi connectivity index (χ1) is 8.34. The second-order valence-corrected chi connectivity index (χ2v) is 8.10. The Labute approximate surface area is 123 Å². The Kier molecular flexibility index (Phi) is 6.67. The summed E-state index contributed by atoms with van der Waals surface area (Å²) in [7, 11) is 0. The highest BCUT2D eigenvalue weighted by Gasteiger charge is 2.27. The maximum absolute atomic E-state index is 3.68. The van der Waals surface area contributed by atoms with E-state index in [-0.39, 0.29) is 0 Å². The van der Waals surface area contributed by atoms with E-state index in [2.05, 4.69) is 55.4 Å². The van der Waals surface area contributed by atoms with Crippen molar-refractivity contribution >= 4 is 15.9 Å². The number of alkyl halides is 1. The van der Waals surface area contributed by atoms with Gasteiger partial charge in [-0.3, -0.25) is 0 Å². The minimum Gasteiger partial charge on any atom is -0.303 e. The van der Waals surface area contributed by atoms with E-state index in [1.807, 2.05) is 0 Å². The fourth-order valence-corrected chi connectivity index (χ4v) is 3.93. The van der Waals surface area contributed by atoms with E-state index in [1.165, 1.54) is 38.9 Å². The first-order valence-electron chi connectivity index (χ1n) is 7.63. The Hall–Kier alpha value is 0.440. The molecule has 0 aromatic heterocycles. The van der Waals surface area contributed by atoms with Crippen molar-refractivity contribution in [2.45, 2.75) is 53.9 Å². The van der Waals surface area contributed by atoms with Gasteiger partial charge in [0, 0.05) is 11.9 Å². The standard InChI is InChI=1S/C16H32BrN/c1-13(2)14(11-17)12-18-9-6-7-15(8-10-18)16(3,4)5/h13-15H,6-12H2,1-5H3. The van der Waals surface area contributed by atoms with E-state index in [4.69, 9.17) is 0 Å². The molecule has 1 saturated heterocycles. The van der Waals surface area contributed by atoms with E-state index in [0.717, 1.165) is 23.1 Å². The summed E-state index contributed by atoms with van der Waals surface area (Å²) in [6, 6.07) is 0. The summed E-state index contributed by atoms with van der Waals surface area (Å²) in [5.41, 5.74) is 0.489. The van der Waals surface area contributed by atoms with E-state index in [9.17, 15) is 0 Å². The molecule has 0 aromatic carbocycles. The van der Waals surface area contributed by atoms with Crippen LogP contribution in [0.25, 0.3) is 0 Å². The molecule has 0 bridgehead atoms. The zero-order valence-corrected chi connectivity index (χ0v) is 14.6. The van der Waals surface area contributed by atoms with Gasteiger partial charge in [0.15, 0.2) is 0 Å². The molecule has 0 aromatic rings. The summed E-state index contributed by atoms with van der Waals surface area (Å²) >= 11 is 3.68. The average molecular weight is 318 g/mol. The molecule has 1 aliphatic heterocycles. The van der Waals surface area contributed by atoms with Crippen LogP contribution in [0.3, 0.4) is 0 Å². The molecule has 2 heteroatoms. The summed E-state index contributed by atoms with van der Waals surface area (Å²) in [4.78, 5) is 2.71.